The van der Waals surface area contributed by atoms with E-state index in [0.717, 1.165) is 18.5 Å². The third-order valence-electron chi connectivity index (χ3n) is 5.74. The van der Waals surface area contributed by atoms with Gasteiger partial charge in [-0.3, -0.25) is 0 Å². The molecule has 148 valence electrons. The second kappa shape index (κ2) is 10.9. The Kier molecular flexibility index (Phi) is 8.87. The summed E-state index contributed by atoms with van der Waals surface area (Å²) < 4.78 is 11.9. The van der Waals surface area contributed by atoms with Crippen LogP contribution in [-0.2, 0) is 9.39 Å². The highest BCUT2D eigenvalue weighted by Crippen LogP contribution is 2.32. The zero-order valence-electron chi connectivity index (χ0n) is 17.3. The number of hydrogen-bond acceptors (Lipinski definition) is 3. The van der Waals surface area contributed by atoms with E-state index in [2.05, 4.69) is 33.8 Å². The van der Waals surface area contributed by atoms with Crippen LogP contribution in [0.2, 0.25) is 12.6 Å². The molecule has 0 aromatic carbocycles. The minimum absolute atomic E-state index is 0.0770. The number of rotatable bonds is 11. The van der Waals surface area contributed by atoms with Gasteiger partial charge < -0.3 is 9.39 Å². The second-order valence-electron chi connectivity index (χ2n) is 8.33. The lowest BCUT2D eigenvalue weighted by molar-refractivity contribution is 0.149. The Bertz CT molecular complexity index is 452. The van der Waals surface area contributed by atoms with Crippen LogP contribution in [0, 0.1) is 11.8 Å². The topological polar surface area (TPSA) is 38.8 Å². The summed E-state index contributed by atoms with van der Waals surface area (Å²) in [6.45, 7) is 9.41. The standard InChI is InChI=1S/C21H38BNO3/c1-5-7-13-22(14-8-6-2)26-20(15-18-11-9-10-12-18)23-19(17(3)4)16-25-21(23)24/h15,17-19H,5-14,16H2,1-4H3/b20-15+. The average molecular weight is 363 g/mol. The summed E-state index contributed by atoms with van der Waals surface area (Å²) in [5.74, 6) is 1.65. The van der Waals surface area contributed by atoms with Crippen LogP contribution in [-0.4, -0.2) is 30.6 Å². The fourth-order valence-corrected chi connectivity index (χ4v) is 3.98. The van der Waals surface area contributed by atoms with Gasteiger partial charge in [-0.2, -0.15) is 0 Å². The van der Waals surface area contributed by atoms with Crippen molar-refractivity contribution in [3.63, 3.8) is 0 Å². The predicted octanol–water partition coefficient (Wildman–Crippen LogP) is 6.10. The van der Waals surface area contributed by atoms with E-state index in [9.17, 15) is 4.79 Å². The van der Waals surface area contributed by atoms with Crippen LogP contribution in [0.25, 0.3) is 0 Å². The van der Waals surface area contributed by atoms with Gasteiger partial charge in [-0.1, -0.05) is 66.2 Å². The van der Waals surface area contributed by atoms with Crippen LogP contribution >= 0.6 is 0 Å². The minimum atomic E-state index is -0.238. The molecule has 1 amide bonds. The van der Waals surface area contributed by atoms with Gasteiger partial charge in [0.2, 0.25) is 0 Å². The quantitative estimate of drug-likeness (QED) is 0.329. The van der Waals surface area contributed by atoms with E-state index in [0.29, 0.717) is 18.4 Å². The molecule has 1 aliphatic carbocycles. The summed E-state index contributed by atoms with van der Waals surface area (Å²) in [6.07, 6.45) is 13.8. The molecule has 1 aliphatic heterocycles. The van der Waals surface area contributed by atoms with Crippen LogP contribution in [0.3, 0.4) is 0 Å². The van der Waals surface area contributed by atoms with Crippen LogP contribution in [0.5, 0.6) is 0 Å². The molecule has 0 spiro atoms. The molecule has 1 atom stereocenters. The van der Waals surface area contributed by atoms with Gasteiger partial charge in [-0.25, -0.2) is 9.69 Å². The summed E-state index contributed by atoms with van der Waals surface area (Å²) >= 11 is 0. The smallest absolute Gasteiger partial charge is 0.417 e. The SMILES string of the molecule is CCCCB(CCCC)O/C(=C/C1CCCC1)N1C(=O)OCC1C(C)C. The maximum atomic E-state index is 12.5. The molecule has 1 heterocycles. The van der Waals surface area contributed by atoms with Crippen LogP contribution in [0.15, 0.2) is 12.0 Å². The Morgan fingerprint density at radius 2 is 1.85 bits per heavy atom. The Labute approximate surface area is 160 Å². The average Bonchev–Trinajstić information content (AvgIpc) is 3.25. The largest absolute Gasteiger partial charge is 0.549 e. The highest BCUT2D eigenvalue weighted by molar-refractivity contribution is 6.52. The number of amides is 1. The number of allylic oxidation sites excluding steroid dienone is 1. The van der Waals surface area contributed by atoms with Crippen molar-refractivity contribution in [2.45, 2.75) is 97.7 Å². The lowest BCUT2D eigenvalue weighted by Gasteiger charge is -2.30. The minimum Gasteiger partial charge on any atom is -0.549 e. The second-order valence-corrected chi connectivity index (χ2v) is 8.33. The number of cyclic esters (lactones) is 1. The molecule has 2 aliphatic rings. The fraction of sp³-hybridized carbons (Fsp3) is 0.857. The normalized spacial score (nSPS) is 21.6. The van der Waals surface area contributed by atoms with Crippen molar-refractivity contribution in [3.8, 4) is 0 Å². The number of carbonyl (C=O) groups excluding carboxylic acids is 1. The molecule has 0 bridgehead atoms. The maximum absolute atomic E-state index is 12.5. The van der Waals surface area contributed by atoms with Gasteiger partial charge in [-0.05, 0) is 43.4 Å². The van der Waals surface area contributed by atoms with Crippen molar-refractivity contribution in [1.29, 1.82) is 0 Å². The summed E-state index contributed by atoms with van der Waals surface area (Å²) in [7, 11) is 0. The number of carbonyl (C=O) groups is 1. The first-order chi connectivity index (χ1) is 12.6. The summed E-state index contributed by atoms with van der Waals surface area (Å²) in [4.78, 5) is 14.3. The molecule has 26 heavy (non-hydrogen) atoms. The number of ether oxygens (including phenoxy) is 1. The summed E-state index contributed by atoms with van der Waals surface area (Å²) in [5.41, 5.74) is 0. The van der Waals surface area contributed by atoms with E-state index >= 15 is 0 Å². The predicted molar refractivity (Wildman–Crippen MR) is 108 cm³/mol. The van der Waals surface area contributed by atoms with Gasteiger partial charge in [0.1, 0.15) is 6.61 Å². The lowest BCUT2D eigenvalue weighted by Crippen LogP contribution is -2.39. The first-order valence-electron chi connectivity index (χ1n) is 10.9. The zero-order valence-corrected chi connectivity index (χ0v) is 17.3. The van der Waals surface area contributed by atoms with E-state index in [1.54, 1.807) is 0 Å². The lowest BCUT2D eigenvalue weighted by atomic mass is 9.59. The number of unbranched alkanes of at least 4 members (excludes halogenated alkanes) is 2. The molecular weight excluding hydrogens is 325 g/mol. The number of nitrogens with zero attached hydrogens (tertiary/aromatic N) is 1. The molecule has 1 saturated carbocycles. The third kappa shape index (κ3) is 5.95. The highest BCUT2D eigenvalue weighted by Gasteiger charge is 2.39. The fourth-order valence-electron chi connectivity index (χ4n) is 3.98. The monoisotopic (exact) mass is 363 g/mol. The molecule has 2 rings (SSSR count). The van der Waals surface area contributed by atoms with Gasteiger partial charge in [0.05, 0.1) is 6.04 Å². The van der Waals surface area contributed by atoms with Gasteiger partial charge >= 0.3 is 13.0 Å². The molecule has 5 heteroatoms. The van der Waals surface area contributed by atoms with Crippen molar-refractivity contribution in [1.82, 2.24) is 4.90 Å². The van der Waals surface area contributed by atoms with Gasteiger partial charge in [-0.15, -0.1) is 0 Å². The first kappa shape index (κ1) is 21.2. The molecule has 1 saturated heterocycles. The van der Waals surface area contributed by atoms with Crippen molar-refractivity contribution < 1.29 is 14.2 Å². The van der Waals surface area contributed by atoms with Crippen molar-refractivity contribution in [2.75, 3.05) is 6.61 Å². The van der Waals surface area contributed by atoms with E-state index < -0.39 is 0 Å². The van der Waals surface area contributed by atoms with Gasteiger partial charge in [0, 0.05) is 0 Å². The van der Waals surface area contributed by atoms with E-state index in [-0.39, 0.29) is 19.1 Å². The van der Waals surface area contributed by atoms with Crippen LogP contribution in [0.1, 0.15) is 79.1 Å². The van der Waals surface area contributed by atoms with E-state index in [1.165, 1.54) is 51.4 Å². The molecule has 1 unspecified atom stereocenters. The Hall–Kier alpha value is -1.13. The van der Waals surface area contributed by atoms with Gasteiger partial charge in [0.25, 0.3) is 0 Å². The van der Waals surface area contributed by atoms with E-state index in [4.69, 9.17) is 9.39 Å². The Morgan fingerprint density at radius 3 is 2.38 bits per heavy atom. The molecule has 2 fully saturated rings. The molecule has 0 N–H and O–H groups in total. The summed E-state index contributed by atoms with van der Waals surface area (Å²) in [6, 6.07) is 0.0770. The van der Waals surface area contributed by atoms with E-state index in [1.807, 2.05) is 4.90 Å². The maximum Gasteiger partial charge on any atom is 0.417 e. The van der Waals surface area contributed by atoms with Crippen molar-refractivity contribution in [3.05, 3.63) is 12.0 Å². The van der Waals surface area contributed by atoms with Crippen molar-refractivity contribution in [2.24, 2.45) is 11.8 Å². The highest BCUT2D eigenvalue weighted by atomic mass is 16.6. The van der Waals surface area contributed by atoms with Gasteiger partial charge in [0.15, 0.2) is 5.88 Å². The molecular formula is C21H38BNO3. The zero-order chi connectivity index (χ0) is 18.9. The molecule has 0 aromatic rings. The molecule has 0 radical (unpaired) electrons. The Morgan fingerprint density at radius 1 is 1.23 bits per heavy atom. The summed E-state index contributed by atoms with van der Waals surface area (Å²) in [5, 5.41) is 0. The van der Waals surface area contributed by atoms with Crippen molar-refractivity contribution >= 4 is 13.0 Å². The Balaban J connectivity index is 2.19. The van der Waals surface area contributed by atoms with Crippen LogP contribution < -0.4 is 0 Å². The number of hydrogen-bond donors (Lipinski definition) is 0. The molecule has 0 aromatic heterocycles. The first-order valence-corrected chi connectivity index (χ1v) is 10.9. The molecule has 4 nitrogen and oxygen atoms in total. The third-order valence-corrected chi connectivity index (χ3v) is 5.74. The van der Waals surface area contributed by atoms with Crippen LogP contribution in [0.4, 0.5) is 4.79 Å².